The second-order valence-electron chi connectivity index (χ2n) is 5.56. The van der Waals surface area contributed by atoms with E-state index in [1.807, 2.05) is 19.1 Å². The fraction of sp³-hybridized carbons (Fsp3) is 0.412. The Morgan fingerprint density at radius 2 is 2.17 bits per heavy atom. The summed E-state index contributed by atoms with van der Waals surface area (Å²) in [5, 5.41) is 2.98. The molecule has 0 bridgehead atoms. The van der Waals surface area contributed by atoms with Crippen LogP contribution in [0.3, 0.4) is 0 Å². The van der Waals surface area contributed by atoms with E-state index in [1.54, 1.807) is 24.5 Å². The zero-order valence-corrected chi connectivity index (χ0v) is 13.2. The quantitative estimate of drug-likeness (QED) is 0.911. The van der Waals surface area contributed by atoms with Gasteiger partial charge in [0.2, 0.25) is 0 Å². The van der Waals surface area contributed by atoms with Crippen LogP contribution in [-0.2, 0) is 4.74 Å². The molecule has 1 amide bonds. The highest BCUT2D eigenvalue weighted by atomic mass is 16.5. The Kier molecular flexibility index (Phi) is 5.05. The lowest BCUT2D eigenvalue weighted by atomic mass is 10.1. The summed E-state index contributed by atoms with van der Waals surface area (Å²) in [6.07, 6.45) is 3.22. The van der Waals surface area contributed by atoms with Crippen molar-refractivity contribution in [1.82, 2.24) is 15.2 Å². The molecule has 2 aromatic rings. The highest BCUT2D eigenvalue weighted by Crippen LogP contribution is 2.23. The topological polar surface area (TPSA) is 67.6 Å². The highest BCUT2D eigenvalue weighted by Gasteiger charge is 2.25. The van der Waals surface area contributed by atoms with Crippen LogP contribution in [0.5, 0.6) is 0 Å². The first-order chi connectivity index (χ1) is 11.2. The molecule has 6 nitrogen and oxygen atoms in total. The average Bonchev–Trinajstić information content (AvgIpc) is 3.03. The van der Waals surface area contributed by atoms with Crippen LogP contribution >= 0.6 is 0 Å². The molecule has 3 rings (SSSR count). The van der Waals surface area contributed by atoms with E-state index in [9.17, 15) is 4.79 Å². The number of hydrogen-bond acceptors (Lipinski definition) is 5. The second-order valence-corrected chi connectivity index (χ2v) is 5.56. The number of ether oxygens (including phenoxy) is 1. The molecule has 0 unspecified atom stereocenters. The number of nitrogens with zero attached hydrogens (tertiary/aromatic N) is 2. The number of morpholine rings is 1. The number of amides is 1. The molecule has 1 aliphatic rings. The van der Waals surface area contributed by atoms with Gasteiger partial charge in [-0.15, -0.1) is 0 Å². The van der Waals surface area contributed by atoms with Gasteiger partial charge < -0.3 is 14.5 Å². The number of pyridine rings is 1. The molecule has 1 fully saturated rings. The van der Waals surface area contributed by atoms with E-state index >= 15 is 0 Å². The number of carbonyl (C=O) groups is 1. The molecule has 0 aliphatic carbocycles. The molecule has 2 aromatic heterocycles. The average molecular weight is 315 g/mol. The van der Waals surface area contributed by atoms with Crippen molar-refractivity contribution in [2.45, 2.75) is 13.0 Å². The largest absolute Gasteiger partial charge is 0.465 e. The van der Waals surface area contributed by atoms with E-state index in [2.05, 4.69) is 15.2 Å². The summed E-state index contributed by atoms with van der Waals surface area (Å²) >= 11 is 0. The van der Waals surface area contributed by atoms with Gasteiger partial charge in [-0.3, -0.25) is 14.7 Å². The molecule has 1 atom stereocenters. The molecule has 6 heteroatoms. The van der Waals surface area contributed by atoms with E-state index in [0.29, 0.717) is 25.3 Å². The van der Waals surface area contributed by atoms with Crippen LogP contribution in [0.1, 0.15) is 27.9 Å². The molecule has 0 aromatic carbocycles. The number of nitrogens with one attached hydrogen (secondary N) is 1. The number of furan rings is 1. The van der Waals surface area contributed by atoms with E-state index in [-0.39, 0.29) is 11.9 Å². The van der Waals surface area contributed by atoms with Crippen molar-refractivity contribution in [1.29, 1.82) is 0 Å². The number of aromatic nitrogens is 1. The predicted octanol–water partition coefficient (Wildman–Crippen LogP) is 1.79. The summed E-state index contributed by atoms with van der Waals surface area (Å²) in [6, 6.07) is 7.44. The number of aryl methyl sites for hydroxylation is 1. The summed E-state index contributed by atoms with van der Waals surface area (Å²) in [4.78, 5) is 18.5. The molecule has 1 aliphatic heterocycles. The standard InChI is InChI=1S/C17H21N3O3/c1-13-4-5-16(23-13)15(20-7-9-22-10-8-20)12-19-17(21)14-3-2-6-18-11-14/h2-6,11,15H,7-10,12H2,1H3,(H,19,21)/t15-/m0/s1. The van der Waals surface area contributed by atoms with Crippen LogP contribution in [0.2, 0.25) is 0 Å². The van der Waals surface area contributed by atoms with Crippen LogP contribution in [0, 0.1) is 6.92 Å². The normalized spacial score (nSPS) is 16.9. The van der Waals surface area contributed by atoms with E-state index in [4.69, 9.17) is 9.15 Å². The zero-order valence-electron chi connectivity index (χ0n) is 13.2. The van der Waals surface area contributed by atoms with Gasteiger partial charge in [0.15, 0.2) is 0 Å². The number of carbonyl (C=O) groups excluding carboxylic acids is 1. The van der Waals surface area contributed by atoms with Gasteiger partial charge in [-0.05, 0) is 31.2 Å². The van der Waals surface area contributed by atoms with Gasteiger partial charge in [-0.2, -0.15) is 0 Å². The minimum absolute atomic E-state index is 0.00761. The first kappa shape index (κ1) is 15.7. The lowest BCUT2D eigenvalue weighted by Gasteiger charge is -2.33. The monoisotopic (exact) mass is 315 g/mol. The maximum atomic E-state index is 12.2. The van der Waals surface area contributed by atoms with Gasteiger partial charge in [-0.1, -0.05) is 0 Å². The van der Waals surface area contributed by atoms with E-state index < -0.39 is 0 Å². The molecule has 3 heterocycles. The Hall–Kier alpha value is -2.18. The van der Waals surface area contributed by atoms with Crippen LogP contribution in [0.15, 0.2) is 41.1 Å². The summed E-state index contributed by atoms with van der Waals surface area (Å²) in [7, 11) is 0. The van der Waals surface area contributed by atoms with Crippen molar-refractivity contribution in [2.24, 2.45) is 0 Å². The molecule has 122 valence electrons. The molecular formula is C17H21N3O3. The Morgan fingerprint density at radius 3 is 2.83 bits per heavy atom. The molecular weight excluding hydrogens is 294 g/mol. The first-order valence-corrected chi connectivity index (χ1v) is 7.80. The SMILES string of the molecule is Cc1ccc([C@H](CNC(=O)c2cccnc2)N2CCOCC2)o1. The van der Waals surface area contributed by atoms with Gasteiger partial charge in [0.25, 0.3) is 5.91 Å². The maximum absolute atomic E-state index is 12.2. The maximum Gasteiger partial charge on any atom is 0.252 e. The van der Waals surface area contributed by atoms with E-state index in [0.717, 1.165) is 24.6 Å². The molecule has 1 N–H and O–H groups in total. The van der Waals surface area contributed by atoms with Crippen molar-refractivity contribution < 1.29 is 13.9 Å². The Labute approximate surface area is 135 Å². The van der Waals surface area contributed by atoms with Crippen LogP contribution < -0.4 is 5.32 Å². The molecule has 0 saturated carbocycles. The summed E-state index contributed by atoms with van der Waals surface area (Å²) in [5.41, 5.74) is 0.559. The van der Waals surface area contributed by atoms with Gasteiger partial charge >= 0.3 is 0 Å². The Bertz CT molecular complexity index is 636. The lowest BCUT2D eigenvalue weighted by molar-refractivity contribution is 0.0117. The molecule has 1 saturated heterocycles. The third-order valence-corrected chi connectivity index (χ3v) is 3.96. The third-order valence-electron chi connectivity index (χ3n) is 3.96. The smallest absolute Gasteiger partial charge is 0.252 e. The molecule has 23 heavy (non-hydrogen) atoms. The van der Waals surface area contributed by atoms with Crippen LogP contribution in [0.25, 0.3) is 0 Å². The highest BCUT2D eigenvalue weighted by molar-refractivity contribution is 5.93. The molecule has 0 spiro atoms. The fourth-order valence-electron chi connectivity index (χ4n) is 2.72. The summed E-state index contributed by atoms with van der Waals surface area (Å²) in [6.45, 7) is 5.47. The van der Waals surface area contributed by atoms with Gasteiger partial charge in [0.1, 0.15) is 11.5 Å². The number of hydrogen-bond donors (Lipinski definition) is 1. The van der Waals surface area contributed by atoms with Crippen LogP contribution in [-0.4, -0.2) is 48.6 Å². The third kappa shape index (κ3) is 3.97. The minimum atomic E-state index is -0.125. The van der Waals surface area contributed by atoms with Gasteiger partial charge in [0, 0.05) is 32.0 Å². The fourth-order valence-corrected chi connectivity index (χ4v) is 2.72. The zero-order chi connectivity index (χ0) is 16.1. The van der Waals surface area contributed by atoms with Crippen molar-refractivity contribution in [3.8, 4) is 0 Å². The van der Waals surface area contributed by atoms with Crippen molar-refractivity contribution >= 4 is 5.91 Å². The van der Waals surface area contributed by atoms with Crippen molar-refractivity contribution in [2.75, 3.05) is 32.8 Å². The number of rotatable bonds is 5. The molecule has 0 radical (unpaired) electrons. The minimum Gasteiger partial charge on any atom is -0.465 e. The Balaban J connectivity index is 1.69. The predicted molar refractivity (Wildman–Crippen MR) is 85.1 cm³/mol. The second kappa shape index (κ2) is 7.39. The summed E-state index contributed by atoms with van der Waals surface area (Å²) < 4.78 is 11.2. The van der Waals surface area contributed by atoms with Crippen LogP contribution in [0.4, 0.5) is 0 Å². The van der Waals surface area contributed by atoms with Gasteiger partial charge in [0.05, 0.1) is 24.8 Å². The lowest BCUT2D eigenvalue weighted by Crippen LogP contribution is -2.43. The van der Waals surface area contributed by atoms with Gasteiger partial charge in [-0.25, -0.2) is 0 Å². The summed E-state index contributed by atoms with van der Waals surface area (Å²) in [5.74, 6) is 1.62. The van der Waals surface area contributed by atoms with Crippen molar-refractivity contribution in [3.05, 3.63) is 53.7 Å². The van der Waals surface area contributed by atoms with Crippen molar-refractivity contribution in [3.63, 3.8) is 0 Å². The van der Waals surface area contributed by atoms with E-state index in [1.165, 1.54) is 0 Å². The first-order valence-electron chi connectivity index (χ1n) is 7.80. The Morgan fingerprint density at radius 1 is 1.35 bits per heavy atom.